The summed E-state index contributed by atoms with van der Waals surface area (Å²) in [5, 5.41) is 12.1. The van der Waals surface area contributed by atoms with Crippen molar-refractivity contribution < 1.29 is 9.90 Å². The van der Waals surface area contributed by atoms with Crippen molar-refractivity contribution in [3.63, 3.8) is 0 Å². The molecule has 0 saturated heterocycles. The van der Waals surface area contributed by atoms with Gasteiger partial charge in [0, 0.05) is 6.42 Å². The van der Waals surface area contributed by atoms with Crippen LogP contribution in [0.1, 0.15) is 135 Å². The van der Waals surface area contributed by atoms with E-state index in [4.69, 9.17) is 5.11 Å². The first kappa shape index (κ1) is 26.4. The second-order valence-electron chi connectivity index (χ2n) is 8.26. The summed E-state index contributed by atoms with van der Waals surface area (Å²) in [6.45, 7) is 4.57. The minimum atomic E-state index is -0.662. The summed E-state index contributed by atoms with van der Waals surface area (Å²) in [4.78, 5) is 10.4. The van der Waals surface area contributed by atoms with Gasteiger partial charge in [-0.1, -0.05) is 110 Å². The number of hydrogen-bond acceptors (Lipinski definition) is 2. The number of rotatable bonds is 23. The number of carbonyl (C=O) groups is 1. The maximum Gasteiger partial charge on any atom is 0.303 e. The quantitative estimate of drug-likeness (QED) is 0.180. The number of aliphatic carboxylic acids is 1. The Bertz CT molecular complexity index is 294. The molecule has 0 amide bonds. The average molecular weight is 384 g/mol. The molecular formula is C24H49NO2. The van der Waals surface area contributed by atoms with Gasteiger partial charge >= 0.3 is 5.97 Å². The van der Waals surface area contributed by atoms with Gasteiger partial charge in [0.1, 0.15) is 0 Å². The van der Waals surface area contributed by atoms with E-state index in [-0.39, 0.29) is 0 Å². The normalized spacial score (nSPS) is 11.1. The summed E-state index contributed by atoms with van der Waals surface area (Å²) in [5.74, 6) is -0.662. The molecule has 0 aromatic heterocycles. The molecule has 0 fully saturated rings. The fraction of sp³-hybridized carbons (Fsp3) is 0.958. The van der Waals surface area contributed by atoms with Crippen molar-refractivity contribution in [3.8, 4) is 0 Å². The standard InChI is InChI=1S/C24H49NO2/c1-2-3-4-5-6-7-8-9-10-11-12-13-16-19-22-25-23-20-17-14-15-18-21-24(26)27/h25H,2-23H2,1H3,(H,26,27). The number of carboxylic acids is 1. The van der Waals surface area contributed by atoms with E-state index in [2.05, 4.69) is 12.2 Å². The average Bonchev–Trinajstić information content (AvgIpc) is 2.65. The molecule has 3 nitrogen and oxygen atoms in total. The molecule has 0 atom stereocenters. The number of carboxylic acid groups (broad SMARTS) is 1. The van der Waals surface area contributed by atoms with Crippen LogP contribution in [0, 0.1) is 0 Å². The minimum absolute atomic E-state index is 0.331. The van der Waals surface area contributed by atoms with Gasteiger partial charge in [0.2, 0.25) is 0 Å². The highest BCUT2D eigenvalue weighted by Crippen LogP contribution is 2.12. The fourth-order valence-corrected chi connectivity index (χ4v) is 3.63. The molecule has 0 aliphatic heterocycles. The summed E-state index contributed by atoms with van der Waals surface area (Å²) in [5.41, 5.74) is 0. The van der Waals surface area contributed by atoms with Gasteiger partial charge < -0.3 is 10.4 Å². The van der Waals surface area contributed by atoms with Gasteiger partial charge in [-0.25, -0.2) is 0 Å². The summed E-state index contributed by atoms with van der Waals surface area (Å²) in [6.07, 6.45) is 25.7. The van der Waals surface area contributed by atoms with Crippen molar-refractivity contribution in [2.24, 2.45) is 0 Å². The highest BCUT2D eigenvalue weighted by Gasteiger charge is 1.97. The van der Waals surface area contributed by atoms with E-state index < -0.39 is 5.97 Å². The van der Waals surface area contributed by atoms with Crippen molar-refractivity contribution in [3.05, 3.63) is 0 Å². The fourth-order valence-electron chi connectivity index (χ4n) is 3.63. The molecule has 162 valence electrons. The summed E-state index contributed by atoms with van der Waals surface area (Å²) in [6, 6.07) is 0. The lowest BCUT2D eigenvalue weighted by atomic mass is 10.0. The molecule has 0 spiro atoms. The largest absolute Gasteiger partial charge is 0.481 e. The molecule has 0 aromatic carbocycles. The number of nitrogens with one attached hydrogen (secondary N) is 1. The van der Waals surface area contributed by atoms with Crippen LogP contribution >= 0.6 is 0 Å². The molecule has 3 heteroatoms. The first-order chi connectivity index (χ1) is 13.3. The lowest BCUT2D eigenvalue weighted by Crippen LogP contribution is -2.16. The van der Waals surface area contributed by atoms with Crippen LogP contribution in [0.15, 0.2) is 0 Å². The molecule has 0 bridgehead atoms. The van der Waals surface area contributed by atoms with Crippen LogP contribution in [0.2, 0.25) is 0 Å². The molecule has 0 aliphatic rings. The number of unbranched alkanes of at least 4 members (excludes halogenated alkanes) is 17. The van der Waals surface area contributed by atoms with E-state index in [1.807, 2.05) is 0 Å². The Balaban J connectivity index is 2.98. The lowest BCUT2D eigenvalue weighted by molar-refractivity contribution is -0.137. The molecule has 0 radical (unpaired) electrons. The Kier molecular flexibility index (Phi) is 23.0. The molecule has 0 aromatic rings. The maximum atomic E-state index is 10.4. The van der Waals surface area contributed by atoms with Crippen LogP contribution in [0.5, 0.6) is 0 Å². The Morgan fingerprint density at radius 3 is 1.26 bits per heavy atom. The molecule has 0 heterocycles. The van der Waals surface area contributed by atoms with Crippen molar-refractivity contribution >= 4 is 5.97 Å². The summed E-state index contributed by atoms with van der Waals surface area (Å²) < 4.78 is 0. The van der Waals surface area contributed by atoms with E-state index in [0.717, 1.165) is 25.9 Å². The zero-order valence-corrected chi connectivity index (χ0v) is 18.4. The van der Waals surface area contributed by atoms with Crippen LogP contribution in [-0.2, 0) is 4.79 Å². The predicted molar refractivity (Wildman–Crippen MR) is 119 cm³/mol. The van der Waals surface area contributed by atoms with Gasteiger partial charge in [0.05, 0.1) is 0 Å². The Labute approximate surface area is 170 Å². The Morgan fingerprint density at radius 1 is 0.556 bits per heavy atom. The van der Waals surface area contributed by atoms with Crippen LogP contribution in [0.25, 0.3) is 0 Å². The third kappa shape index (κ3) is 25.4. The maximum absolute atomic E-state index is 10.4. The molecule has 0 rings (SSSR count). The lowest BCUT2D eigenvalue weighted by Gasteiger charge is -2.05. The van der Waals surface area contributed by atoms with Crippen molar-refractivity contribution in [2.75, 3.05) is 13.1 Å². The molecule has 0 unspecified atom stereocenters. The van der Waals surface area contributed by atoms with Crippen molar-refractivity contribution in [1.29, 1.82) is 0 Å². The van der Waals surface area contributed by atoms with Gasteiger partial charge in [-0.05, 0) is 32.4 Å². The van der Waals surface area contributed by atoms with E-state index >= 15 is 0 Å². The van der Waals surface area contributed by atoms with Gasteiger partial charge in [-0.3, -0.25) is 4.79 Å². The van der Waals surface area contributed by atoms with Gasteiger partial charge in [-0.15, -0.1) is 0 Å². The third-order valence-corrected chi connectivity index (χ3v) is 5.45. The van der Waals surface area contributed by atoms with E-state index in [1.165, 1.54) is 109 Å². The SMILES string of the molecule is CCCCCCCCCCCCCCCCNCCCCCCCC(=O)O. The Morgan fingerprint density at radius 2 is 0.889 bits per heavy atom. The highest BCUT2D eigenvalue weighted by molar-refractivity contribution is 5.66. The Hall–Kier alpha value is -0.570. The predicted octanol–water partition coefficient (Wildman–Crippen LogP) is 7.48. The van der Waals surface area contributed by atoms with E-state index in [1.54, 1.807) is 0 Å². The zero-order chi connectivity index (χ0) is 19.8. The topological polar surface area (TPSA) is 49.3 Å². The minimum Gasteiger partial charge on any atom is -0.481 e. The third-order valence-electron chi connectivity index (χ3n) is 5.45. The molecule has 0 aliphatic carbocycles. The second-order valence-corrected chi connectivity index (χ2v) is 8.26. The summed E-state index contributed by atoms with van der Waals surface area (Å²) in [7, 11) is 0. The van der Waals surface area contributed by atoms with Gasteiger partial charge in [0.15, 0.2) is 0 Å². The molecule has 27 heavy (non-hydrogen) atoms. The van der Waals surface area contributed by atoms with Crippen LogP contribution in [-0.4, -0.2) is 24.2 Å². The van der Waals surface area contributed by atoms with Gasteiger partial charge in [-0.2, -0.15) is 0 Å². The van der Waals surface area contributed by atoms with Crippen molar-refractivity contribution in [1.82, 2.24) is 5.32 Å². The smallest absolute Gasteiger partial charge is 0.303 e. The molecule has 0 saturated carbocycles. The van der Waals surface area contributed by atoms with Crippen LogP contribution in [0.4, 0.5) is 0 Å². The summed E-state index contributed by atoms with van der Waals surface area (Å²) >= 11 is 0. The highest BCUT2D eigenvalue weighted by atomic mass is 16.4. The first-order valence-electron chi connectivity index (χ1n) is 12.2. The second kappa shape index (κ2) is 23.5. The monoisotopic (exact) mass is 383 g/mol. The van der Waals surface area contributed by atoms with E-state index in [9.17, 15) is 4.79 Å². The molecule has 2 N–H and O–H groups in total. The van der Waals surface area contributed by atoms with E-state index in [0.29, 0.717) is 6.42 Å². The zero-order valence-electron chi connectivity index (χ0n) is 18.4. The first-order valence-corrected chi connectivity index (χ1v) is 12.2. The van der Waals surface area contributed by atoms with Crippen LogP contribution in [0.3, 0.4) is 0 Å². The van der Waals surface area contributed by atoms with Crippen LogP contribution < -0.4 is 5.32 Å². The number of hydrogen-bond donors (Lipinski definition) is 2. The van der Waals surface area contributed by atoms with Crippen molar-refractivity contribution in [2.45, 2.75) is 135 Å². The molecular weight excluding hydrogens is 334 g/mol. The van der Waals surface area contributed by atoms with Gasteiger partial charge in [0.25, 0.3) is 0 Å².